The van der Waals surface area contributed by atoms with Crippen molar-refractivity contribution in [2.24, 2.45) is 7.05 Å². The molecule has 138 valence electrons. The zero-order valence-electron chi connectivity index (χ0n) is 14.3. The van der Waals surface area contributed by atoms with Gasteiger partial charge in [0.1, 0.15) is 19.2 Å². The average Bonchev–Trinajstić information content (AvgIpc) is 3.00. The van der Waals surface area contributed by atoms with Crippen LogP contribution < -0.4 is 16.3 Å². The lowest BCUT2D eigenvalue weighted by Gasteiger charge is -2.15. The number of nitrogens with zero attached hydrogens (tertiary/aromatic N) is 2. The van der Waals surface area contributed by atoms with E-state index < -0.39 is 17.5 Å². The van der Waals surface area contributed by atoms with Gasteiger partial charge in [0, 0.05) is 7.05 Å². The van der Waals surface area contributed by atoms with Gasteiger partial charge in [0.05, 0.1) is 42.0 Å². The van der Waals surface area contributed by atoms with E-state index in [1.165, 1.54) is 29.1 Å². The zero-order valence-corrected chi connectivity index (χ0v) is 14.3. The van der Waals surface area contributed by atoms with Crippen molar-refractivity contribution in [3.8, 4) is 0 Å². The Morgan fingerprint density at radius 2 is 2.15 bits per heavy atom. The summed E-state index contributed by atoms with van der Waals surface area (Å²) in [6.45, 7) is -0.450. The Morgan fingerprint density at radius 1 is 1.37 bits per heavy atom. The van der Waals surface area contributed by atoms with E-state index in [2.05, 4.69) is 15.8 Å². The molecule has 0 aliphatic carbocycles. The van der Waals surface area contributed by atoms with Gasteiger partial charge in [-0.2, -0.15) is 0 Å². The first-order valence-electron chi connectivity index (χ1n) is 7.91. The van der Waals surface area contributed by atoms with Crippen molar-refractivity contribution >= 4 is 41.6 Å². The maximum Gasteiger partial charge on any atom is 0.277 e. The Bertz CT molecular complexity index is 1010. The van der Waals surface area contributed by atoms with Gasteiger partial charge in [-0.15, -0.1) is 0 Å². The Labute approximate surface area is 154 Å². The number of carbonyl (C=O) groups is 1. The zero-order chi connectivity index (χ0) is 19.6. The van der Waals surface area contributed by atoms with Crippen molar-refractivity contribution in [1.82, 2.24) is 15.0 Å². The Balaban J connectivity index is 2.09. The highest BCUT2D eigenvalue weighted by molar-refractivity contribution is 6.32. The van der Waals surface area contributed by atoms with Crippen LogP contribution in [0.1, 0.15) is 10.4 Å². The van der Waals surface area contributed by atoms with E-state index in [4.69, 9.17) is 17.8 Å². The number of amides is 1. The van der Waals surface area contributed by atoms with Crippen molar-refractivity contribution in [2.75, 3.05) is 18.5 Å². The number of halogens is 2. The highest BCUT2D eigenvalue weighted by Gasteiger charge is 2.22. The molecule has 2 aromatic carbocycles. The van der Waals surface area contributed by atoms with E-state index in [1.54, 1.807) is 7.05 Å². The average molecular weight is 372 g/mol. The minimum atomic E-state index is -0.823. The summed E-state index contributed by atoms with van der Waals surface area (Å²) < 4.78 is 30.7. The molecule has 1 amide bonds. The summed E-state index contributed by atoms with van der Waals surface area (Å²) >= 11 is 0. The van der Waals surface area contributed by atoms with Crippen LogP contribution in [-0.4, -0.2) is 41.6 Å². The molecule has 3 N–H and O–H groups in total. The lowest BCUT2D eigenvalue weighted by Crippen LogP contribution is -2.26. The van der Waals surface area contributed by atoms with Gasteiger partial charge in [0.15, 0.2) is 5.82 Å². The molecule has 0 saturated heterocycles. The van der Waals surface area contributed by atoms with Gasteiger partial charge in [0.25, 0.3) is 5.91 Å². The smallest absolute Gasteiger partial charge is 0.277 e. The molecule has 27 heavy (non-hydrogen) atoms. The summed E-state index contributed by atoms with van der Waals surface area (Å²) in [5.41, 5.74) is 2.23. The number of imidazole rings is 1. The number of hydrogen-bond acceptors (Lipinski definition) is 5. The first-order valence-corrected chi connectivity index (χ1v) is 7.91. The molecule has 1 heterocycles. The molecular formula is C17H15BF2N4O3. The molecule has 0 saturated carbocycles. The second-order valence-corrected chi connectivity index (χ2v) is 5.70. The van der Waals surface area contributed by atoms with Crippen LogP contribution in [0.25, 0.3) is 11.0 Å². The van der Waals surface area contributed by atoms with Crippen molar-refractivity contribution in [3.63, 3.8) is 0 Å². The number of aryl methyl sites for hydroxylation is 1. The predicted octanol–water partition coefficient (Wildman–Crippen LogP) is 1.04. The number of benzene rings is 2. The van der Waals surface area contributed by atoms with E-state index in [-0.39, 0.29) is 41.1 Å². The number of aromatic nitrogens is 2. The maximum atomic E-state index is 15.0. The maximum absolute atomic E-state index is 15.0. The van der Waals surface area contributed by atoms with Gasteiger partial charge in [-0.25, -0.2) is 19.2 Å². The predicted molar refractivity (Wildman–Crippen MR) is 96.2 cm³/mol. The molecule has 0 bridgehead atoms. The SMILES string of the molecule is [B]c1ccc(Nc2c(C(=O)NOCCO)cc3c(ncn3C)c2F)c(F)c1. The fraction of sp³-hybridized carbons (Fsp3) is 0.176. The van der Waals surface area contributed by atoms with Gasteiger partial charge in [0.2, 0.25) is 0 Å². The van der Waals surface area contributed by atoms with E-state index in [0.717, 1.165) is 6.07 Å². The summed E-state index contributed by atoms with van der Waals surface area (Å²) in [5.74, 6) is -2.31. The standard InChI is InChI=1S/C17H15BF2N4O3/c1-24-8-21-16-13(24)7-10(17(26)23-27-5-4-25)15(14(16)20)22-12-3-2-9(18)6-11(12)19/h2-3,6-8,22,25H,4-5H2,1H3,(H,23,26). The van der Waals surface area contributed by atoms with E-state index >= 15 is 4.39 Å². The molecule has 0 aliphatic rings. The lowest BCUT2D eigenvalue weighted by atomic mass is 9.96. The van der Waals surface area contributed by atoms with Crippen molar-refractivity contribution in [3.05, 3.63) is 47.8 Å². The Morgan fingerprint density at radius 3 is 2.85 bits per heavy atom. The molecule has 0 atom stereocenters. The van der Waals surface area contributed by atoms with Crippen LogP contribution in [0, 0.1) is 11.6 Å². The fourth-order valence-electron chi connectivity index (χ4n) is 2.51. The summed E-state index contributed by atoms with van der Waals surface area (Å²) in [7, 11) is 7.16. The number of rotatable bonds is 6. The van der Waals surface area contributed by atoms with Crippen LogP contribution in [0.5, 0.6) is 0 Å². The first-order chi connectivity index (χ1) is 12.9. The minimum Gasteiger partial charge on any atom is -0.394 e. The van der Waals surface area contributed by atoms with Crippen LogP contribution in [0.15, 0.2) is 30.6 Å². The van der Waals surface area contributed by atoms with Gasteiger partial charge >= 0.3 is 0 Å². The molecular weight excluding hydrogens is 357 g/mol. The second kappa shape index (κ2) is 7.72. The van der Waals surface area contributed by atoms with Crippen molar-refractivity contribution in [1.29, 1.82) is 0 Å². The molecule has 1 aromatic heterocycles. The molecule has 0 spiro atoms. The topological polar surface area (TPSA) is 88.4 Å². The summed E-state index contributed by atoms with van der Waals surface area (Å²) in [6.07, 6.45) is 1.39. The third-order valence-electron chi connectivity index (χ3n) is 3.82. The number of aliphatic hydroxyl groups excluding tert-OH is 1. The molecule has 3 aromatic rings. The number of hydrogen-bond donors (Lipinski definition) is 3. The summed E-state index contributed by atoms with van der Waals surface area (Å²) in [6, 6.07) is 5.24. The van der Waals surface area contributed by atoms with Gasteiger partial charge < -0.3 is 15.0 Å². The summed E-state index contributed by atoms with van der Waals surface area (Å²) in [4.78, 5) is 21.2. The van der Waals surface area contributed by atoms with Crippen molar-refractivity contribution < 1.29 is 23.5 Å². The number of nitrogens with one attached hydrogen (secondary N) is 2. The fourth-order valence-corrected chi connectivity index (χ4v) is 2.51. The molecule has 2 radical (unpaired) electrons. The Hall–Kier alpha value is -2.98. The first kappa shape index (κ1) is 18.8. The monoisotopic (exact) mass is 372 g/mol. The van der Waals surface area contributed by atoms with E-state index in [0.29, 0.717) is 5.52 Å². The number of fused-ring (bicyclic) bond motifs is 1. The molecule has 7 nitrogen and oxygen atoms in total. The van der Waals surface area contributed by atoms with E-state index in [1.807, 2.05) is 0 Å². The quantitative estimate of drug-likeness (QED) is 0.342. The molecule has 10 heteroatoms. The Kier molecular flexibility index (Phi) is 5.38. The molecule has 3 rings (SSSR count). The van der Waals surface area contributed by atoms with Crippen LogP contribution in [0.2, 0.25) is 0 Å². The van der Waals surface area contributed by atoms with Gasteiger partial charge in [-0.3, -0.25) is 9.63 Å². The minimum absolute atomic E-state index is 0.0173. The van der Waals surface area contributed by atoms with Gasteiger partial charge in [-0.05, 0) is 18.2 Å². The third kappa shape index (κ3) is 3.76. The third-order valence-corrected chi connectivity index (χ3v) is 3.82. The molecule has 0 aliphatic heterocycles. The highest BCUT2D eigenvalue weighted by atomic mass is 19.1. The number of aliphatic hydroxyl groups is 1. The summed E-state index contributed by atoms with van der Waals surface area (Å²) in [5, 5.41) is 11.3. The van der Waals surface area contributed by atoms with Crippen LogP contribution in [0.3, 0.4) is 0 Å². The number of carbonyl (C=O) groups excluding carboxylic acids is 1. The number of hydroxylamine groups is 1. The van der Waals surface area contributed by atoms with Crippen molar-refractivity contribution in [2.45, 2.75) is 0 Å². The van der Waals surface area contributed by atoms with Gasteiger partial charge in [-0.1, -0.05) is 11.5 Å². The molecule has 0 fully saturated rings. The largest absolute Gasteiger partial charge is 0.394 e. The second-order valence-electron chi connectivity index (χ2n) is 5.70. The number of anilines is 2. The molecule has 0 unspecified atom stereocenters. The highest BCUT2D eigenvalue weighted by Crippen LogP contribution is 2.31. The lowest BCUT2D eigenvalue weighted by molar-refractivity contribution is 0.0169. The normalized spacial score (nSPS) is 11.0. The van der Waals surface area contributed by atoms with E-state index in [9.17, 15) is 9.18 Å². The van der Waals surface area contributed by atoms with Crippen LogP contribution in [-0.2, 0) is 11.9 Å². The van der Waals surface area contributed by atoms with Crippen LogP contribution >= 0.6 is 0 Å². The van der Waals surface area contributed by atoms with Crippen LogP contribution in [0.4, 0.5) is 20.2 Å².